The molecule has 0 unspecified atom stereocenters. The number of nitrogen functional groups attached to an aromatic ring is 1. The fraction of sp³-hybridized carbons (Fsp3) is 0.143. The van der Waals surface area contributed by atoms with Crippen LogP contribution in [0, 0.1) is 18.6 Å². The normalized spacial score (nSPS) is 13.2. The van der Waals surface area contributed by atoms with Crippen molar-refractivity contribution in [1.82, 2.24) is 19.9 Å². The summed E-state index contributed by atoms with van der Waals surface area (Å²) in [5, 5.41) is 0.516. The van der Waals surface area contributed by atoms with Crippen molar-refractivity contribution in [2.24, 2.45) is 0 Å². The average molecular weight is 592 g/mol. The Kier molecular flexibility index (Phi) is 6.83. The predicted molar refractivity (Wildman–Crippen MR) is 155 cm³/mol. The Labute approximate surface area is 238 Å². The van der Waals surface area contributed by atoms with Crippen molar-refractivity contribution in [3.63, 3.8) is 0 Å². The maximum absolute atomic E-state index is 16.1. The lowest BCUT2D eigenvalue weighted by molar-refractivity contribution is 0.567. The van der Waals surface area contributed by atoms with Crippen LogP contribution in [0.25, 0.3) is 32.5 Å². The molecule has 1 fully saturated rings. The fourth-order valence-electron chi connectivity index (χ4n) is 4.50. The van der Waals surface area contributed by atoms with Crippen LogP contribution in [0.3, 0.4) is 0 Å². The average Bonchev–Trinajstić information content (AvgIpc) is 3.34. The first-order valence-electron chi connectivity index (χ1n) is 12.6. The number of pyridine rings is 1. The van der Waals surface area contributed by atoms with Crippen LogP contribution in [-0.4, -0.2) is 41.4 Å². The lowest BCUT2D eigenvalue weighted by Crippen LogP contribution is -2.37. The molecule has 2 aromatic carbocycles. The van der Waals surface area contributed by atoms with Crippen molar-refractivity contribution in [3.8, 4) is 32.5 Å². The summed E-state index contributed by atoms with van der Waals surface area (Å²) in [4.78, 5) is 19.9. The number of thiazole rings is 1. The lowest BCUT2D eigenvalue weighted by Gasteiger charge is -2.32. The van der Waals surface area contributed by atoms with Gasteiger partial charge in [0.2, 0.25) is 5.95 Å². The number of halogens is 2. The van der Waals surface area contributed by atoms with Gasteiger partial charge in [-0.2, -0.15) is 0 Å². The van der Waals surface area contributed by atoms with Crippen molar-refractivity contribution in [3.05, 3.63) is 84.1 Å². The summed E-state index contributed by atoms with van der Waals surface area (Å²) in [6, 6.07) is 15.4. The Bertz CT molecular complexity index is 1870. The molecule has 0 amide bonds. The van der Waals surface area contributed by atoms with E-state index in [2.05, 4.69) is 19.6 Å². The van der Waals surface area contributed by atoms with Crippen LogP contribution in [0.2, 0.25) is 0 Å². The minimum absolute atomic E-state index is 0.0176. The standard InChI is InChI=1S/C28H23F2N7O2S2/c1-16-6-2-8-18(29)26(16)41(38,39)36-19-9-3-7-17(23(19)30)24-25(20-12-13-32-28(31)34-20)40-27(35-24)21-10-4-11-22(33-21)37-14-5-15-37/h2-4,6-13,36H,5,14-15H2,1H3,(H2,31,32,34). The van der Waals surface area contributed by atoms with E-state index in [1.54, 1.807) is 6.07 Å². The Morgan fingerprint density at radius 1 is 0.951 bits per heavy atom. The van der Waals surface area contributed by atoms with Gasteiger partial charge in [0.1, 0.15) is 27.2 Å². The van der Waals surface area contributed by atoms with E-state index in [0.717, 1.165) is 31.4 Å². The number of anilines is 3. The Hall–Kier alpha value is -4.49. The first-order valence-corrected chi connectivity index (χ1v) is 14.9. The first kappa shape index (κ1) is 26.7. The second kappa shape index (κ2) is 10.5. The van der Waals surface area contributed by atoms with Crippen LogP contribution in [0.1, 0.15) is 12.0 Å². The molecule has 0 aliphatic carbocycles. The number of nitrogens with zero attached hydrogens (tertiary/aromatic N) is 5. The van der Waals surface area contributed by atoms with Gasteiger partial charge in [0.05, 0.1) is 22.0 Å². The zero-order valence-electron chi connectivity index (χ0n) is 21.7. The first-order chi connectivity index (χ1) is 19.7. The highest BCUT2D eigenvalue weighted by molar-refractivity contribution is 7.92. The maximum atomic E-state index is 16.1. The molecular formula is C28H23F2N7O2S2. The monoisotopic (exact) mass is 591 g/mol. The molecule has 3 aromatic heterocycles. The summed E-state index contributed by atoms with van der Waals surface area (Å²) in [5.41, 5.74) is 6.93. The van der Waals surface area contributed by atoms with E-state index in [-0.39, 0.29) is 28.5 Å². The van der Waals surface area contributed by atoms with Gasteiger partial charge >= 0.3 is 0 Å². The van der Waals surface area contributed by atoms with Gasteiger partial charge in [-0.1, -0.05) is 24.3 Å². The van der Waals surface area contributed by atoms with Crippen molar-refractivity contribution in [2.75, 3.05) is 28.4 Å². The van der Waals surface area contributed by atoms with Gasteiger partial charge in [0.15, 0.2) is 5.82 Å². The number of aromatic nitrogens is 4. The summed E-state index contributed by atoms with van der Waals surface area (Å²) in [6.07, 6.45) is 2.59. The Balaban J connectivity index is 1.46. The number of nitrogens with two attached hydrogens (primary N) is 1. The minimum Gasteiger partial charge on any atom is -0.368 e. The van der Waals surface area contributed by atoms with Gasteiger partial charge in [-0.15, -0.1) is 11.3 Å². The molecule has 3 N–H and O–H groups in total. The molecule has 0 bridgehead atoms. The molecular weight excluding hydrogens is 568 g/mol. The van der Waals surface area contributed by atoms with E-state index in [1.165, 1.54) is 54.8 Å². The van der Waals surface area contributed by atoms with Gasteiger partial charge in [-0.25, -0.2) is 37.1 Å². The van der Waals surface area contributed by atoms with E-state index in [1.807, 2.05) is 18.2 Å². The highest BCUT2D eigenvalue weighted by atomic mass is 32.2. The molecule has 41 heavy (non-hydrogen) atoms. The molecule has 1 aliphatic heterocycles. The molecule has 1 saturated heterocycles. The van der Waals surface area contributed by atoms with Crippen LogP contribution in [0.4, 0.5) is 26.2 Å². The van der Waals surface area contributed by atoms with Crippen molar-refractivity contribution in [2.45, 2.75) is 18.2 Å². The number of rotatable bonds is 7. The largest absolute Gasteiger partial charge is 0.368 e. The van der Waals surface area contributed by atoms with E-state index in [9.17, 15) is 12.8 Å². The number of nitrogens with one attached hydrogen (secondary N) is 1. The van der Waals surface area contributed by atoms with Gasteiger partial charge < -0.3 is 10.6 Å². The van der Waals surface area contributed by atoms with Crippen LogP contribution in [0.5, 0.6) is 0 Å². The number of benzene rings is 2. The fourth-order valence-corrected chi connectivity index (χ4v) is 6.88. The third-order valence-electron chi connectivity index (χ3n) is 6.60. The molecule has 4 heterocycles. The summed E-state index contributed by atoms with van der Waals surface area (Å²) in [5.74, 6) is -0.963. The molecule has 6 rings (SSSR count). The Morgan fingerprint density at radius 2 is 1.73 bits per heavy atom. The molecule has 9 nitrogen and oxygen atoms in total. The van der Waals surface area contributed by atoms with E-state index >= 15 is 4.39 Å². The molecule has 1 aliphatic rings. The van der Waals surface area contributed by atoms with Gasteiger partial charge in [0.25, 0.3) is 10.0 Å². The van der Waals surface area contributed by atoms with Crippen molar-refractivity contribution >= 4 is 38.8 Å². The third kappa shape index (κ3) is 5.09. The Morgan fingerprint density at radius 3 is 2.46 bits per heavy atom. The van der Waals surface area contributed by atoms with Crippen LogP contribution in [0.15, 0.2) is 71.8 Å². The summed E-state index contributed by atoms with van der Waals surface area (Å²) >= 11 is 1.25. The smallest absolute Gasteiger partial charge is 0.265 e. The molecule has 0 atom stereocenters. The van der Waals surface area contributed by atoms with Crippen LogP contribution >= 0.6 is 11.3 Å². The minimum atomic E-state index is -4.45. The highest BCUT2D eigenvalue weighted by Gasteiger charge is 2.26. The van der Waals surface area contributed by atoms with E-state index in [0.29, 0.717) is 21.3 Å². The SMILES string of the molecule is Cc1cccc(F)c1S(=O)(=O)Nc1cccc(-c2nc(-c3cccc(N4CCC4)n3)sc2-c2ccnc(N)n2)c1F. The second-order valence-corrected chi connectivity index (χ2v) is 12.0. The topological polar surface area (TPSA) is 127 Å². The van der Waals surface area contributed by atoms with Gasteiger partial charge in [-0.3, -0.25) is 4.72 Å². The molecule has 0 radical (unpaired) electrons. The molecule has 208 valence electrons. The third-order valence-corrected chi connectivity index (χ3v) is 9.24. The zero-order chi connectivity index (χ0) is 28.7. The summed E-state index contributed by atoms with van der Waals surface area (Å²) < 4.78 is 59.0. The van der Waals surface area contributed by atoms with Crippen molar-refractivity contribution < 1.29 is 17.2 Å². The van der Waals surface area contributed by atoms with Crippen LogP contribution < -0.4 is 15.4 Å². The summed E-state index contributed by atoms with van der Waals surface area (Å²) in [6.45, 7) is 3.31. The molecule has 0 spiro atoms. The molecule has 13 heteroatoms. The maximum Gasteiger partial charge on any atom is 0.265 e. The van der Waals surface area contributed by atoms with Crippen molar-refractivity contribution in [1.29, 1.82) is 0 Å². The van der Waals surface area contributed by atoms with E-state index < -0.39 is 26.6 Å². The summed E-state index contributed by atoms with van der Waals surface area (Å²) in [7, 11) is -4.45. The molecule has 0 saturated carbocycles. The predicted octanol–water partition coefficient (Wildman–Crippen LogP) is 5.51. The molecule has 5 aromatic rings. The number of sulfonamides is 1. The lowest BCUT2D eigenvalue weighted by atomic mass is 10.1. The number of hydrogen-bond acceptors (Lipinski definition) is 9. The zero-order valence-corrected chi connectivity index (χ0v) is 23.3. The number of aryl methyl sites for hydroxylation is 1. The van der Waals surface area contributed by atoms with Gasteiger partial charge in [-0.05, 0) is 55.3 Å². The highest BCUT2D eigenvalue weighted by Crippen LogP contribution is 2.42. The second-order valence-electron chi connectivity index (χ2n) is 9.38. The van der Waals surface area contributed by atoms with E-state index in [4.69, 9.17) is 15.7 Å². The number of hydrogen-bond donors (Lipinski definition) is 2. The quantitative estimate of drug-likeness (QED) is 0.254. The van der Waals surface area contributed by atoms with Crippen LogP contribution in [-0.2, 0) is 10.0 Å². The van der Waals surface area contributed by atoms with Gasteiger partial charge in [0, 0.05) is 24.8 Å².